The molecule has 0 aliphatic rings. The Balaban J connectivity index is 1.79. The second kappa shape index (κ2) is 7.18. The largest absolute Gasteiger partial charge is 0.463 e. The van der Waals surface area contributed by atoms with Gasteiger partial charge in [0.1, 0.15) is 11.4 Å². The molecule has 0 bridgehead atoms. The van der Waals surface area contributed by atoms with E-state index in [0.29, 0.717) is 11.4 Å². The Bertz CT molecular complexity index is 955. The Morgan fingerprint density at radius 1 is 1.24 bits per heavy atom. The smallest absolute Gasteiger partial charge is 0.295 e. The van der Waals surface area contributed by atoms with Crippen LogP contribution in [-0.4, -0.2) is 20.7 Å². The van der Waals surface area contributed by atoms with Crippen molar-refractivity contribution in [3.8, 4) is 5.69 Å². The highest BCUT2D eigenvalue weighted by Gasteiger charge is 2.16. The molecule has 0 atom stereocenters. The molecule has 2 N–H and O–H groups in total. The number of benzene rings is 1. The van der Waals surface area contributed by atoms with Crippen molar-refractivity contribution in [3.05, 3.63) is 70.5 Å². The predicted molar refractivity (Wildman–Crippen MR) is 101 cm³/mol. The van der Waals surface area contributed by atoms with Crippen LogP contribution in [0.1, 0.15) is 11.5 Å². The van der Waals surface area contributed by atoms with Crippen molar-refractivity contribution in [1.29, 1.82) is 0 Å². The Hall–Kier alpha value is -3.13. The molecule has 25 heavy (non-hydrogen) atoms. The SMILES string of the molecule is Cc1c(NC(=S)N/N=C\c2ccco2)c(=O)n(-c2ccccc2)n1C. The third-order valence-electron chi connectivity index (χ3n) is 3.69. The van der Waals surface area contributed by atoms with Gasteiger partial charge < -0.3 is 9.73 Å². The third kappa shape index (κ3) is 3.53. The van der Waals surface area contributed by atoms with Crippen LogP contribution in [0.4, 0.5) is 5.69 Å². The average Bonchev–Trinajstić information content (AvgIpc) is 3.19. The van der Waals surface area contributed by atoms with Crippen molar-refractivity contribution in [2.75, 3.05) is 5.32 Å². The fourth-order valence-corrected chi connectivity index (χ4v) is 2.53. The Labute approximate surface area is 149 Å². The monoisotopic (exact) mass is 355 g/mol. The number of thiocarbonyl (C=S) groups is 1. The first kappa shape index (κ1) is 16.7. The molecule has 128 valence electrons. The number of nitrogens with zero attached hydrogens (tertiary/aromatic N) is 3. The molecule has 0 fully saturated rings. The number of aromatic nitrogens is 2. The van der Waals surface area contributed by atoms with Crippen molar-refractivity contribution in [3.63, 3.8) is 0 Å². The molecule has 0 spiro atoms. The maximum absolute atomic E-state index is 12.7. The summed E-state index contributed by atoms with van der Waals surface area (Å²) in [6.45, 7) is 1.85. The van der Waals surface area contributed by atoms with Crippen LogP contribution in [0.5, 0.6) is 0 Å². The van der Waals surface area contributed by atoms with Crippen molar-refractivity contribution >= 4 is 29.2 Å². The molecule has 0 aliphatic heterocycles. The predicted octanol–water partition coefficient (Wildman–Crippen LogP) is 2.40. The Kier molecular flexibility index (Phi) is 4.80. The number of anilines is 1. The second-order valence-electron chi connectivity index (χ2n) is 5.28. The molecular formula is C17H17N5O2S. The minimum atomic E-state index is -0.189. The van der Waals surface area contributed by atoms with Gasteiger partial charge in [0, 0.05) is 7.05 Å². The summed E-state index contributed by atoms with van der Waals surface area (Å²) in [5, 5.41) is 7.10. The van der Waals surface area contributed by atoms with Gasteiger partial charge >= 0.3 is 0 Å². The van der Waals surface area contributed by atoms with E-state index in [1.165, 1.54) is 6.21 Å². The second-order valence-corrected chi connectivity index (χ2v) is 5.68. The van der Waals surface area contributed by atoms with Gasteiger partial charge in [0.25, 0.3) is 5.56 Å². The number of hydrogen-bond acceptors (Lipinski definition) is 4. The van der Waals surface area contributed by atoms with Crippen LogP contribution < -0.4 is 16.3 Å². The number of furan rings is 1. The lowest BCUT2D eigenvalue weighted by molar-refractivity contribution is 0.560. The van der Waals surface area contributed by atoms with Crippen LogP contribution in [0, 0.1) is 6.92 Å². The Morgan fingerprint density at radius 3 is 2.68 bits per heavy atom. The van der Waals surface area contributed by atoms with Gasteiger partial charge in [-0.1, -0.05) is 18.2 Å². The third-order valence-corrected chi connectivity index (χ3v) is 3.89. The first-order valence-electron chi connectivity index (χ1n) is 7.55. The molecule has 2 heterocycles. The highest BCUT2D eigenvalue weighted by atomic mass is 32.1. The zero-order valence-corrected chi connectivity index (χ0v) is 14.6. The molecule has 8 heteroatoms. The summed E-state index contributed by atoms with van der Waals surface area (Å²) in [5.74, 6) is 0.595. The lowest BCUT2D eigenvalue weighted by Gasteiger charge is -2.07. The van der Waals surface area contributed by atoms with E-state index in [-0.39, 0.29) is 10.7 Å². The van der Waals surface area contributed by atoms with E-state index in [4.69, 9.17) is 16.6 Å². The van der Waals surface area contributed by atoms with Crippen LogP contribution in [0.2, 0.25) is 0 Å². The van der Waals surface area contributed by atoms with Gasteiger partial charge in [-0.15, -0.1) is 0 Å². The molecule has 0 radical (unpaired) electrons. The standard InChI is InChI=1S/C17H17N5O2S/c1-12-15(19-17(25)20-18-11-14-9-6-10-24-14)16(23)22(21(12)2)13-7-4-3-5-8-13/h3-11H,1-2H3,(H2,19,20,25)/b18-11-. The zero-order chi connectivity index (χ0) is 17.8. The van der Waals surface area contributed by atoms with E-state index in [0.717, 1.165) is 11.4 Å². The van der Waals surface area contributed by atoms with Gasteiger partial charge in [-0.2, -0.15) is 5.10 Å². The summed E-state index contributed by atoms with van der Waals surface area (Å²) in [4.78, 5) is 12.7. The van der Waals surface area contributed by atoms with Gasteiger partial charge in [-0.25, -0.2) is 4.68 Å². The van der Waals surface area contributed by atoms with Crippen molar-refractivity contribution < 1.29 is 4.42 Å². The van der Waals surface area contributed by atoms with Gasteiger partial charge in [-0.05, 0) is 43.4 Å². The fourth-order valence-electron chi connectivity index (χ4n) is 2.37. The highest BCUT2D eigenvalue weighted by molar-refractivity contribution is 7.80. The van der Waals surface area contributed by atoms with E-state index in [1.54, 1.807) is 27.8 Å². The molecule has 0 aliphatic carbocycles. The summed E-state index contributed by atoms with van der Waals surface area (Å²) in [6, 6.07) is 12.9. The lowest BCUT2D eigenvalue weighted by Crippen LogP contribution is -2.28. The summed E-state index contributed by atoms with van der Waals surface area (Å²) in [6.07, 6.45) is 3.05. The van der Waals surface area contributed by atoms with Gasteiger partial charge in [-0.3, -0.25) is 14.9 Å². The first-order chi connectivity index (χ1) is 12.1. The molecule has 3 rings (SSSR count). The van der Waals surface area contributed by atoms with E-state index >= 15 is 0 Å². The summed E-state index contributed by atoms with van der Waals surface area (Å²) >= 11 is 5.20. The maximum Gasteiger partial charge on any atom is 0.295 e. The summed E-state index contributed by atoms with van der Waals surface area (Å²) in [5.41, 5.74) is 4.41. The van der Waals surface area contributed by atoms with Gasteiger partial charge in [0.05, 0.1) is 23.9 Å². The van der Waals surface area contributed by atoms with Crippen LogP contribution in [-0.2, 0) is 7.05 Å². The molecule has 0 saturated heterocycles. The minimum Gasteiger partial charge on any atom is -0.463 e. The van der Waals surface area contributed by atoms with Gasteiger partial charge in [0.2, 0.25) is 0 Å². The van der Waals surface area contributed by atoms with Crippen LogP contribution in [0.15, 0.2) is 63.0 Å². The van der Waals surface area contributed by atoms with Crippen molar-refractivity contribution in [2.24, 2.45) is 12.1 Å². The fraction of sp³-hybridized carbons (Fsp3) is 0.118. The molecule has 1 aromatic carbocycles. The maximum atomic E-state index is 12.7. The number of rotatable bonds is 4. The van der Waals surface area contributed by atoms with E-state index in [2.05, 4.69) is 15.8 Å². The zero-order valence-electron chi connectivity index (χ0n) is 13.8. The molecule has 0 saturated carbocycles. The van der Waals surface area contributed by atoms with E-state index in [1.807, 2.05) is 44.3 Å². The molecule has 0 unspecified atom stereocenters. The van der Waals surface area contributed by atoms with Crippen molar-refractivity contribution in [2.45, 2.75) is 6.92 Å². The quantitative estimate of drug-likeness (QED) is 0.427. The lowest BCUT2D eigenvalue weighted by atomic mass is 10.3. The molecule has 7 nitrogen and oxygen atoms in total. The Morgan fingerprint density at radius 2 is 2.00 bits per heavy atom. The first-order valence-corrected chi connectivity index (χ1v) is 7.96. The summed E-state index contributed by atoms with van der Waals surface area (Å²) in [7, 11) is 1.82. The number of hydrazone groups is 1. The molecule has 0 amide bonds. The van der Waals surface area contributed by atoms with Crippen LogP contribution in [0.3, 0.4) is 0 Å². The minimum absolute atomic E-state index is 0.189. The van der Waals surface area contributed by atoms with E-state index in [9.17, 15) is 4.79 Å². The number of hydrogen-bond donors (Lipinski definition) is 2. The highest BCUT2D eigenvalue weighted by Crippen LogP contribution is 2.13. The van der Waals surface area contributed by atoms with E-state index < -0.39 is 0 Å². The average molecular weight is 355 g/mol. The topological polar surface area (TPSA) is 76.5 Å². The molecular weight excluding hydrogens is 338 g/mol. The van der Waals surface area contributed by atoms with Gasteiger partial charge in [0.15, 0.2) is 5.11 Å². The molecule has 2 aromatic heterocycles. The summed E-state index contributed by atoms with van der Waals surface area (Å²) < 4.78 is 8.48. The number of nitrogens with one attached hydrogen (secondary N) is 2. The van der Waals surface area contributed by atoms with Crippen molar-refractivity contribution in [1.82, 2.24) is 14.8 Å². The number of para-hydroxylation sites is 1. The van der Waals surface area contributed by atoms with Crippen LogP contribution in [0.25, 0.3) is 5.69 Å². The van der Waals surface area contributed by atoms with Crippen LogP contribution >= 0.6 is 12.2 Å². The normalized spacial score (nSPS) is 11.0. The molecule has 3 aromatic rings.